The molecule has 542 valence electrons. The third-order valence-electron chi connectivity index (χ3n) is 14.7. The Kier molecular flexibility index (Phi) is 33.3. The molecule has 9 amide bonds. The van der Waals surface area contributed by atoms with Gasteiger partial charge in [-0.15, -0.1) is 0 Å². The van der Waals surface area contributed by atoms with Crippen molar-refractivity contribution < 1.29 is 62.1 Å². The van der Waals surface area contributed by atoms with E-state index in [0.717, 1.165) is 0 Å². The summed E-state index contributed by atoms with van der Waals surface area (Å²) in [7, 11) is 5.24. The Labute approximate surface area is 576 Å². The molecule has 0 aliphatic rings. The summed E-state index contributed by atoms with van der Waals surface area (Å²) in [5.74, 6) is -7.80. The van der Waals surface area contributed by atoms with E-state index in [1.165, 1.54) is 101 Å². The van der Waals surface area contributed by atoms with Gasteiger partial charge in [-0.1, -0.05) is 0 Å². The Morgan fingerprint density at radius 3 is 0.870 bits per heavy atom. The molecule has 0 aliphatic carbocycles. The van der Waals surface area contributed by atoms with Crippen molar-refractivity contribution in [3.8, 4) is 23.0 Å². The summed E-state index contributed by atoms with van der Waals surface area (Å²) in [5.41, 5.74) is 32.7. The lowest BCUT2D eigenvalue weighted by molar-refractivity contribution is -0.126. The number of guanidine groups is 5. The van der Waals surface area contributed by atoms with Gasteiger partial charge in [-0.2, -0.15) is 0 Å². The second-order valence-electron chi connectivity index (χ2n) is 22.3. The smallest absolute Gasteiger partial charge is 0.255 e. The molecule has 4 aromatic carbocycles. The molecule has 0 bridgehead atoms. The van der Waals surface area contributed by atoms with Gasteiger partial charge in [0.15, 0.2) is 29.8 Å². The maximum atomic E-state index is 14.5. The van der Waals surface area contributed by atoms with E-state index in [9.17, 15) is 43.2 Å². The molecule has 0 aromatic heterocycles. The zero-order valence-electron chi connectivity index (χ0n) is 56.0. The minimum Gasteiger partial charge on any atom is -0.496 e. The van der Waals surface area contributed by atoms with E-state index in [0.29, 0.717) is 45.2 Å². The van der Waals surface area contributed by atoms with Crippen LogP contribution in [0, 0.1) is 27.0 Å². The quantitative estimate of drug-likeness (QED) is 0.0152. The molecular weight excluding hydrogens is 1300 g/mol. The molecule has 0 heterocycles. The van der Waals surface area contributed by atoms with E-state index in [2.05, 4.69) is 69.1 Å². The van der Waals surface area contributed by atoms with Crippen LogP contribution in [0.5, 0.6) is 23.0 Å². The predicted molar refractivity (Wildman–Crippen MR) is 376 cm³/mol. The first-order valence-electron chi connectivity index (χ1n) is 31.5. The van der Waals surface area contributed by atoms with Crippen LogP contribution < -0.4 is 122 Å². The number of methoxy groups -OCH3 is 4. The van der Waals surface area contributed by atoms with Gasteiger partial charge in [0, 0.05) is 61.9 Å². The lowest BCUT2D eigenvalue weighted by Crippen LogP contribution is -2.45. The SMILES string of the molecule is COc1ccc(NC(=O)C(CCCCNC(=N)N)NC(=O)c2cc(NC(=O)[C@@H](CCCNC(=N)N)NC(=O)c3cc(NC(=O)[C@@H](CCCNC(=N)N)NC(=O)c4cc(NC(=O)[C@@H](CCCNC(=N)N)NC(=O)CCCCNC(=N)N)ccc4OC)ccc3OC)ccc2OC)cc1C(N)=O. The number of anilines is 4. The van der Waals surface area contributed by atoms with Crippen LogP contribution in [-0.4, -0.2) is 168 Å². The summed E-state index contributed by atoms with van der Waals surface area (Å²) in [6.07, 6.45) is 2.55. The summed E-state index contributed by atoms with van der Waals surface area (Å²) >= 11 is 0. The van der Waals surface area contributed by atoms with Crippen LogP contribution in [0.3, 0.4) is 0 Å². The first kappa shape index (κ1) is 80.1. The van der Waals surface area contributed by atoms with Crippen LogP contribution in [0.4, 0.5) is 22.7 Å². The number of primary amides is 1. The fraction of sp³-hybridized carbons (Fsp3) is 0.397. The Balaban J connectivity index is 1.60. The van der Waals surface area contributed by atoms with Crippen molar-refractivity contribution >= 4 is 106 Å². The molecule has 0 aliphatic heterocycles. The lowest BCUT2D eigenvalue weighted by Gasteiger charge is -2.22. The molecule has 0 radical (unpaired) electrons. The van der Waals surface area contributed by atoms with E-state index < -0.39 is 77.3 Å². The maximum Gasteiger partial charge on any atom is 0.255 e. The average Bonchev–Trinajstić information content (AvgIpc) is 0.829. The Bertz CT molecular complexity index is 3590. The number of carbonyl (C=O) groups is 9. The van der Waals surface area contributed by atoms with Crippen molar-refractivity contribution in [1.29, 1.82) is 27.0 Å². The van der Waals surface area contributed by atoms with Crippen molar-refractivity contribution in [1.82, 2.24) is 47.9 Å². The van der Waals surface area contributed by atoms with E-state index in [4.69, 9.17) is 80.4 Å². The lowest BCUT2D eigenvalue weighted by atomic mass is 10.1. The Hall–Kier alpha value is -12.3. The number of ether oxygens (including phenoxy) is 4. The van der Waals surface area contributed by atoms with E-state index in [1.807, 2.05) is 0 Å². The van der Waals surface area contributed by atoms with Crippen molar-refractivity contribution in [3.63, 3.8) is 0 Å². The van der Waals surface area contributed by atoms with Crippen LogP contribution in [0.2, 0.25) is 0 Å². The van der Waals surface area contributed by atoms with Gasteiger partial charge in [-0.25, -0.2) is 0 Å². The monoisotopic (exact) mass is 1390 g/mol. The predicted octanol–water partition coefficient (Wildman–Crippen LogP) is -0.449. The molecule has 1 unspecified atom stereocenters. The highest BCUT2D eigenvalue weighted by Gasteiger charge is 2.30. The molecule has 30 N–H and O–H groups in total. The fourth-order valence-electron chi connectivity index (χ4n) is 9.75. The van der Waals surface area contributed by atoms with Gasteiger partial charge in [0.25, 0.3) is 23.6 Å². The van der Waals surface area contributed by atoms with Crippen molar-refractivity contribution in [3.05, 3.63) is 95.1 Å². The average molecular weight is 1390 g/mol. The molecule has 0 saturated carbocycles. The number of benzene rings is 4. The second kappa shape index (κ2) is 41.6. The maximum absolute atomic E-state index is 14.5. The number of nitrogens with two attached hydrogens (primary N) is 6. The molecular formula is C63H92N24O13. The standard InChI is InChI=1S/C63H92N24O13/c1-97-46-21-17-34(30-38(46)51(64)89)80-56(94)43(12-5-7-25-75-59(65)66)85-52(90)39-32-36(19-23-47(39)98-2)82-57(95)45(15-11-29-79-63(73)74)87-54(92)41-33-37(20-24-49(41)100-4)83-58(96)44(14-10-28-78-62(71)72)86-53(91)40-31-35(18-22-48(40)99-3)81-55(93)42(13-9-27-77-61(69)70)84-50(88)16-6-8-26-76-60(67)68/h17-24,30-33,42-45H,5-16,25-29H2,1-4H3,(H2,64,89)(H,80,94)(H,81,93)(H,82,95)(H,83,96)(H,84,88)(H,85,90)(H,86,91)(H,87,92)(H4,65,66,75)(H4,67,68,76)(H4,69,70,77)(H4,71,72,78)(H4,73,74,79)/t42-,43?,44-,45-/m1/s1. The zero-order chi connectivity index (χ0) is 73.8. The highest BCUT2D eigenvalue weighted by Crippen LogP contribution is 2.28. The van der Waals surface area contributed by atoms with Gasteiger partial charge in [0.2, 0.25) is 29.5 Å². The van der Waals surface area contributed by atoms with Gasteiger partial charge < -0.3 is 122 Å². The van der Waals surface area contributed by atoms with Crippen molar-refractivity contribution in [2.24, 2.45) is 34.4 Å². The van der Waals surface area contributed by atoms with Crippen molar-refractivity contribution in [2.45, 2.75) is 101 Å². The molecule has 4 aromatic rings. The number of unbranched alkanes of at least 4 members (excludes halogenated alkanes) is 2. The fourth-order valence-corrected chi connectivity index (χ4v) is 9.75. The van der Waals surface area contributed by atoms with Gasteiger partial charge >= 0.3 is 0 Å². The molecule has 100 heavy (non-hydrogen) atoms. The highest BCUT2D eigenvalue weighted by molar-refractivity contribution is 6.08. The van der Waals surface area contributed by atoms with E-state index in [-0.39, 0.29) is 162 Å². The van der Waals surface area contributed by atoms with Crippen LogP contribution in [-0.2, 0) is 24.0 Å². The zero-order valence-corrected chi connectivity index (χ0v) is 56.0. The minimum absolute atomic E-state index is 0.00554. The van der Waals surface area contributed by atoms with E-state index in [1.54, 1.807) is 0 Å². The Morgan fingerprint density at radius 2 is 0.590 bits per heavy atom. The summed E-state index contributed by atoms with van der Waals surface area (Å²) in [6, 6.07) is 11.6. The van der Waals surface area contributed by atoms with Crippen LogP contribution in [0.25, 0.3) is 0 Å². The number of hydrogen-bond acceptors (Lipinski definition) is 18. The van der Waals surface area contributed by atoms with Gasteiger partial charge in [0.05, 0.1) is 50.7 Å². The van der Waals surface area contributed by atoms with Crippen molar-refractivity contribution in [2.75, 3.05) is 82.4 Å². The third kappa shape index (κ3) is 27.8. The first-order valence-corrected chi connectivity index (χ1v) is 31.5. The third-order valence-corrected chi connectivity index (χ3v) is 14.7. The van der Waals surface area contributed by atoms with Crippen LogP contribution in [0.1, 0.15) is 118 Å². The summed E-state index contributed by atoms with van der Waals surface area (Å²) in [6.45, 7) is 1.10. The van der Waals surface area contributed by atoms with Gasteiger partial charge in [0.1, 0.15) is 47.2 Å². The molecule has 37 nitrogen and oxygen atoms in total. The molecule has 37 heteroatoms. The van der Waals surface area contributed by atoms with Gasteiger partial charge in [-0.3, -0.25) is 70.2 Å². The number of hydrogen-bond donors (Lipinski definition) is 24. The summed E-state index contributed by atoms with van der Waals surface area (Å²) < 4.78 is 21.8. The summed E-state index contributed by atoms with van der Waals surface area (Å²) in [4.78, 5) is 125. The molecule has 4 rings (SSSR count). The summed E-state index contributed by atoms with van der Waals surface area (Å²) in [5, 5.41) is 72.6. The topological polar surface area (TPSA) is 622 Å². The van der Waals surface area contributed by atoms with E-state index >= 15 is 0 Å². The largest absolute Gasteiger partial charge is 0.496 e. The highest BCUT2D eigenvalue weighted by atomic mass is 16.5. The Morgan fingerprint density at radius 1 is 0.340 bits per heavy atom. The number of rotatable bonds is 42. The number of nitrogens with one attached hydrogen (secondary N) is 18. The number of carbonyl (C=O) groups excluding carboxylic acids is 9. The van der Waals surface area contributed by atoms with Crippen LogP contribution >= 0.6 is 0 Å². The second-order valence-corrected chi connectivity index (χ2v) is 22.3. The molecule has 0 saturated heterocycles. The first-order chi connectivity index (χ1) is 47.7. The van der Waals surface area contributed by atoms with Gasteiger partial charge in [-0.05, 0) is 143 Å². The molecule has 4 atom stereocenters. The minimum atomic E-state index is -1.35. The number of amides is 9. The van der Waals surface area contributed by atoms with Crippen LogP contribution in [0.15, 0.2) is 72.8 Å². The normalized spacial score (nSPS) is 11.7. The molecule has 0 fully saturated rings. The molecule has 0 spiro atoms.